The molecule has 2 N–H and O–H groups in total. The number of ether oxygens (including phenoxy) is 1. The number of nitrogens with one attached hydrogen (secondary N) is 1. The predicted octanol–water partition coefficient (Wildman–Crippen LogP) is 2.38. The molecule has 0 saturated carbocycles. The topological polar surface area (TPSA) is 41.5 Å². The third-order valence-corrected chi connectivity index (χ3v) is 1.70. The van der Waals surface area contributed by atoms with Crippen LogP contribution in [-0.4, -0.2) is 24.1 Å². The Morgan fingerprint density at radius 1 is 1.38 bits per heavy atom. The van der Waals surface area contributed by atoms with E-state index in [4.69, 9.17) is 5.11 Å². The molecule has 0 aromatic heterocycles. The maximum absolute atomic E-state index is 12.0. The van der Waals surface area contributed by atoms with Crippen LogP contribution >= 0.6 is 0 Å². The summed E-state index contributed by atoms with van der Waals surface area (Å²) < 4.78 is 39.9. The Morgan fingerprint density at radius 3 is 2.56 bits per heavy atom. The molecule has 0 unspecified atom stereocenters. The molecule has 90 valence electrons. The monoisotopic (exact) mass is 235 g/mol. The molecule has 0 amide bonds. The van der Waals surface area contributed by atoms with Crippen molar-refractivity contribution >= 4 is 5.69 Å². The summed E-state index contributed by atoms with van der Waals surface area (Å²) in [6.45, 7) is 1.68. The Labute approximate surface area is 90.8 Å². The first-order valence-corrected chi connectivity index (χ1v) is 4.65. The van der Waals surface area contributed by atoms with Gasteiger partial charge < -0.3 is 15.2 Å². The van der Waals surface area contributed by atoms with E-state index in [1.54, 1.807) is 6.07 Å². The fourth-order valence-electron chi connectivity index (χ4n) is 1.08. The lowest BCUT2D eigenvalue weighted by Gasteiger charge is -2.15. The molecule has 0 aliphatic rings. The fourth-order valence-corrected chi connectivity index (χ4v) is 1.08. The number of hydrogen-bond acceptors (Lipinski definition) is 3. The molecule has 0 bridgehead atoms. The Balaban J connectivity index is 2.75. The van der Waals surface area contributed by atoms with Crippen molar-refractivity contribution in [1.29, 1.82) is 0 Å². The summed E-state index contributed by atoms with van der Waals surface area (Å²) >= 11 is 0. The summed E-state index contributed by atoms with van der Waals surface area (Å²) in [5.41, 5.74) is 0.195. The normalized spacial score (nSPS) is 13.3. The zero-order valence-corrected chi connectivity index (χ0v) is 8.58. The van der Waals surface area contributed by atoms with Crippen molar-refractivity contribution in [2.75, 3.05) is 11.9 Å². The third kappa shape index (κ3) is 4.39. The molecule has 1 rings (SSSR count). The molecular weight excluding hydrogens is 223 g/mol. The van der Waals surface area contributed by atoms with Gasteiger partial charge >= 0.3 is 6.36 Å². The van der Waals surface area contributed by atoms with E-state index in [1.807, 2.05) is 0 Å². The average molecular weight is 235 g/mol. The quantitative estimate of drug-likeness (QED) is 0.841. The van der Waals surface area contributed by atoms with Crippen molar-refractivity contribution in [1.82, 2.24) is 0 Å². The van der Waals surface area contributed by atoms with Crippen LogP contribution in [0.15, 0.2) is 24.3 Å². The number of rotatable bonds is 4. The minimum atomic E-state index is -4.72. The van der Waals surface area contributed by atoms with Gasteiger partial charge in [0.1, 0.15) is 0 Å². The van der Waals surface area contributed by atoms with Crippen molar-refractivity contribution < 1.29 is 23.0 Å². The Kier molecular flexibility index (Phi) is 4.00. The lowest BCUT2D eigenvalue weighted by Crippen LogP contribution is -2.20. The van der Waals surface area contributed by atoms with E-state index in [-0.39, 0.29) is 18.0 Å². The van der Waals surface area contributed by atoms with Crippen LogP contribution in [-0.2, 0) is 0 Å². The van der Waals surface area contributed by atoms with Gasteiger partial charge in [-0.15, -0.1) is 13.2 Å². The van der Waals surface area contributed by atoms with Gasteiger partial charge in [-0.2, -0.15) is 0 Å². The standard InChI is InChI=1S/C10H12F3NO2/c1-7(15)6-14-8-4-2-3-5-9(8)16-10(11,12)13/h2-5,7,14-15H,6H2,1H3/t7-/m1/s1. The number of alkyl halides is 3. The van der Waals surface area contributed by atoms with Crippen LogP contribution in [0.4, 0.5) is 18.9 Å². The summed E-state index contributed by atoms with van der Waals surface area (Å²) in [5.74, 6) is -0.310. The van der Waals surface area contributed by atoms with Crippen molar-refractivity contribution in [2.24, 2.45) is 0 Å². The van der Waals surface area contributed by atoms with Gasteiger partial charge in [0, 0.05) is 6.54 Å². The molecule has 0 aliphatic heterocycles. The Bertz CT molecular complexity index is 339. The molecule has 0 aliphatic carbocycles. The van der Waals surface area contributed by atoms with E-state index in [0.717, 1.165) is 0 Å². The third-order valence-electron chi connectivity index (χ3n) is 1.70. The molecule has 6 heteroatoms. The van der Waals surface area contributed by atoms with Crippen LogP contribution in [0.2, 0.25) is 0 Å². The summed E-state index contributed by atoms with van der Waals surface area (Å²) in [7, 11) is 0. The maximum atomic E-state index is 12.0. The Hall–Kier alpha value is -1.43. The van der Waals surface area contributed by atoms with E-state index in [2.05, 4.69) is 10.1 Å². The van der Waals surface area contributed by atoms with Gasteiger partial charge in [-0.3, -0.25) is 0 Å². The van der Waals surface area contributed by atoms with Crippen molar-refractivity contribution in [3.63, 3.8) is 0 Å². The van der Waals surface area contributed by atoms with Crippen molar-refractivity contribution in [3.8, 4) is 5.75 Å². The molecule has 1 atom stereocenters. The maximum Gasteiger partial charge on any atom is 0.573 e. The van der Waals surface area contributed by atoms with Crippen LogP contribution in [0.3, 0.4) is 0 Å². The summed E-state index contributed by atoms with van der Waals surface area (Å²) in [4.78, 5) is 0. The second-order valence-corrected chi connectivity index (χ2v) is 3.27. The average Bonchev–Trinajstić information content (AvgIpc) is 2.14. The molecule has 3 nitrogen and oxygen atoms in total. The predicted molar refractivity (Wildman–Crippen MR) is 53.3 cm³/mol. The molecule has 0 fully saturated rings. The van der Waals surface area contributed by atoms with Gasteiger partial charge in [0.05, 0.1) is 11.8 Å². The van der Waals surface area contributed by atoms with Crippen molar-refractivity contribution in [3.05, 3.63) is 24.3 Å². The number of benzene rings is 1. The van der Waals surface area contributed by atoms with Crippen LogP contribution in [0.5, 0.6) is 5.75 Å². The van der Waals surface area contributed by atoms with Crippen LogP contribution in [0.25, 0.3) is 0 Å². The number of para-hydroxylation sites is 2. The second kappa shape index (κ2) is 5.07. The lowest BCUT2D eigenvalue weighted by atomic mass is 10.3. The highest BCUT2D eigenvalue weighted by Crippen LogP contribution is 2.29. The zero-order valence-electron chi connectivity index (χ0n) is 8.58. The van der Waals surface area contributed by atoms with Gasteiger partial charge in [-0.25, -0.2) is 0 Å². The second-order valence-electron chi connectivity index (χ2n) is 3.27. The molecule has 0 spiro atoms. The molecule has 0 heterocycles. The minimum absolute atomic E-state index is 0.151. The van der Waals surface area contributed by atoms with Gasteiger partial charge in [0.25, 0.3) is 0 Å². The minimum Gasteiger partial charge on any atom is -0.404 e. The first-order chi connectivity index (χ1) is 7.38. The number of anilines is 1. The molecule has 16 heavy (non-hydrogen) atoms. The van der Waals surface area contributed by atoms with E-state index in [1.165, 1.54) is 25.1 Å². The molecule has 1 aromatic carbocycles. The molecule has 0 radical (unpaired) electrons. The highest BCUT2D eigenvalue weighted by atomic mass is 19.4. The summed E-state index contributed by atoms with van der Waals surface area (Å²) in [6.07, 6.45) is -5.37. The van der Waals surface area contributed by atoms with Gasteiger partial charge in [0.2, 0.25) is 0 Å². The molecule has 0 saturated heterocycles. The summed E-state index contributed by atoms with van der Waals surface area (Å²) in [6, 6.07) is 5.67. The van der Waals surface area contributed by atoms with Crippen LogP contribution in [0, 0.1) is 0 Å². The number of aliphatic hydroxyl groups is 1. The van der Waals surface area contributed by atoms with E-state index in [9.17, 15) is 13.2 Å². The number of halogens is 3. The van der Waals surface area contributed by atoms with E-state index in [0.29, 0.717) is 0 Å². The SMILES string of the molecule is C[C@@H](O)CNc1ccccc1OC(F)(F)F. The Morgan fingerprint density at radius 2 is 2.00 bits per heavy atom. The van der Waals surface area contributed by atoms with Gasteiger partial charge in [0.15, 0.2) is 5.75 Å². The summed E-state index contributed by atoms with van der Waals surface area (Å²) in [5, 5.41) is 11.7. The smallest absolute Gasteiger partial charge is 0.404 e. The first-order valence-electron chi connectivity index (χ1n) is 4.65. The van der Waals surface area contributed by atoms with Crippen molar-refractivity contribution in [2.45, 2.75) is 19.4 Å². The first kappa shape index (κ1) is 12.6. The lowest BCUT2D eigenvalue weighted by molar-refractivity contribution is -0.274. The van der Waals surface area contributed by atoms with Crippen LogP contribution < -0.4 is 10.1 Å². The highest BCUT2D eigenvalue weighted by Gasteiger charge is 2.32. The molecule has 1 aromatic rings. The van der Waals surface area contributed by atoms with E-state index >= 15 is 0 Å². The number of hydrogen-bond donors (Lipinski definition) is 2. The molecular formula is C10H12F3NO2. The highest BCUT2D eigenvalue weighted by molar-refractivity contribution is 5.56. The van der Waals surface area contributed by atoms with Gasteiger partial charge in [-0.05, 0) is 19.1 Å². The largest absolute Gasteiger partial charge is 0.573 e. The zero-order chi connectivity index (χ0) is 12.2. The van der Waals surface area contributed by atoms with E-state index < -0.39 is 12.5 Å². The van der Waals surface area contributed by atoms with Crippen LogP contribution in [0.1, 0.15) is 6.92 Å². The van der Waals surface area contributed by atoms with Gasteiger partial charge in [-0.1, -0.05) is 12.1 Å². The fraction of sp³-hybridized carbons (Fsp3) is 0.400. The number of aliphatic hydroxyl groups excluding tert-OH is 1.